The van der Waals surface area contributed by atoms with Gasteiger partial charge in [0.1, 0.15) is 11.3 Å². The molecular formula is C26H26N4O4. The van der Waals surface area contributed by atoms with E-state index in [2.05, 4.69) is 10.4 Å². The molecule has 0 aliphatic carbocycles. The molecule has 174 valence electrons. The SMILES string of the molecule is CNC(=O)c1cccc2cc(Oc3ccnn4cc(C(=O)N5C[C@@H](O)C[C@H]5C)c(C)c34)ccc12. The Hall–Kier alpha value is -3.91. The number of carbonyl (C=O) groups is 2. The van der Waals surface area contributed by atoms with Crippen molar-refractivity contribution in [2.24, 2.45) is 0 Å². The van der Waals surface area contributed by atoms with E-state index in [1.165, 1.54) is 0 Å². The van der Waals surface area contributed by atoms with Crippen molar-refractivity contribution in [3.8, 4) is 11.5 Å². The van der Waals surface area contributed by atoms with Gasteiger partial charge in [0.2, 0.25) is 0 Å². The summed E-state index contributed by atoms with van der Waals surface area (Å²) >= 11 is 0. The van der Waals surface area contributed by atoms with Crippen molar-refractivity contribution in [2.45, 2.75) is 32.4 Å². The third kappa shape index (κ3) is 3.66. The van der Waals surface area contributed by atoms with Crippen molar-refractivity contribution in [3.63, 3.8) is 0 Å². The Kier molecular flexibility index (Phi) is 5.45. The van der Waals surface area contributed by atoms with Crippen LogP contribution in [0.4, 0.5) is 0 Å². The van der Waals surface area contributed by atoms with Crippen LogP contribution in [0, 0.1) is 6.92 Å². The number of ether oxygens (including phenoxy) is 1. The standard InChI is InChI=1S/C26H26N4O4/c1-15-11-18(31)13-29(15)26(33)22-14-30-24(16(22)2)23(9-10-28-30)34-19-7-8-20-17(12-19)5-4-6-21(20)25(32)27-3/h4-10,12,14-15,18,31H,11,13H2,1-3H3,(H,27,32)/t15-,18+/m1/s1. The van der Waals surface area contributed by atoms with Gasteiger partial charge in [0.25, 0.3) is 11.8 Å². The van der Waals surface area contributed by atoms with Crippen LogP contribution in [0.1, 0.15) is 39.6 Å². The number of nitrogens with one attached hydrogen (secondary N) is 1. The average Bonchev–Trinajstić information content (AvgIpc) is 3.36. The lowest BCUT2D eigenvalue weighted by Crippen LogP contribution is -2.34. The third-order valence-corrected chi connectivity index (χ3v) is 6.49. The largest absolute Gasteiger partial charge is 0.455 e. The minimum atomic E-state index is -0.495. The van der Waals surface area contributed by atoms with E-state index < -0.39 is 6.10 Å². The lowest BCUT2D eigenvalue weighted by molar-refractivity contribution is 0.0725. The van der Waals surface area contributed by atoms with E-state index in [9.17, 15) is 14.7 Å². The fourth-order valence-corrected chi connectivity index (χ4v) is 4.75. The maximum atomic E-state index is 13.2. The maximum absolute atomic E-state index is 13.2. The van der Waals surface area contributed by atoms with Crippen LogP contribution >= 0.6 is 0 Å². The molecule has 2 aromatic heterocycles. The van der Waals surface area contributed by atoms with E-state index >= 15 is 0 Å². The third-order valence-electron chi connectivity index (χ3n) is 6.49. The summed E-state index contributed by atoms with van der Waals surface area (Å²) in [6.45, 7) is 4.16. The number of hydrogen-bond donors (Lipinski definition) is 2. The second-order valence-corrected chi connectivity index (χ2v) is 8.72. The fraction of sp³-hybridized carbons (Fsp3) is 0.269. The highest BCUT2D eigenvalue weighted by atomic mass is 16.5. The normalized spacial score (nSPS) is 17.9. The number of β-amino-alcohol motifs (C(OH)–C–C–N with tert-alkyl or cyclic N) is 1. The number of nitrogens with zero attached hydrogens (tertiary/aromatic N) is 3. The Morgan fingerprint density at radius 2 is 2.00 bits per heavy atom. The highest BCUT2D eigenvalue weighted by Gasteiger charge is 2.33. The van der Waals surface area contributed by atoms with Crippen molar-refractivity contribution in [1.29, 1.82) is 0 Å². The Balaban J connectivity index is 1.51. The van der Waals surface area contributed by atoms with Crippen LogP contribution in [-0.2, 0) is 0 Å². The van der Waals surface area contributed by atoms with E-state index in [-0.39, 0.29) is 17.9 Å². The van der Waals surface area contributed by atoms with E-state index in [4.69, 9.17) is 4.74 Å². The van der Waals surface area contributed by atoms with E-state index in [0.717, 1.165) is 16.3 Å². The molecule has 0 spiro atoms. The molecule has 1 aliphatic heterocycles. The van der Waals surface area contributed by atoms with E-state index in [0.29, 0.717) is 41.1 Å². The predicted molar refractivity (Wildman–Crippen MR) is 128 cm³/mol. The monoisotopic (exact) mass is 458 g/mol. The summed E-state index contributed by atoms with van der Waals surface area (Å²) in [5.74, 6) is 0.920. The number of aliphatic hydroxyl groups is 1. The number of amides is 2. The smallest absolute Gasteiger partial charge is 0.256 e. The van der Waals surface area contributed by atoms with Gasteiger partial charge in [0, 0.05) is 37.5 Å². The zero-order chi connectivity index (χ0) is 24.0. The fourth-order valence-electron chi connectivity index (χ4n) is 4.75. The van der Waals surface area contributed by atoms with Crippen molar-refractivity contribution < 1.29 is 19.4 Å². The molecule has 34 heavy (non-hydrogen) atoms. The molecule has 0 saturated carbocycles. The topological polar surface area (TPSA) is 96.2 Å². The van der Waals surface area contributed by atoms with E-state index in [1.807, 2.05) is 44.2 Å². The predicted octanol–water partition coefficient (Wildman–Crippen LogP) is 3.54. The minimum absolute atomic E-state index is 0.0223. The Morgan fingerprint density at radius 1 is 1.18 bits per heavy atom. The molecule has 8 heteroatoms. The molecule has 2 atom stereocenters. The lowest BCUT2D eigenvalue weighted by Gasteiger charge is -2.20. The van der Waals surface area contributed by atoms with Gasteiger partial charge in [-0.1, -0.05) is 12.1 Å². The Morgan fingerprint density at radius 3 is 2.74 bits per heavy atom. The molecule has 2 N–H and O–H groups in total. The number of aromatic nitrogens is 2. The first-order chi connectivity index (χ1) is 16.4. The quantitative estimate of drug-likeness (QED) is 0.488. The molecule has 2 amide bonds. The first-order valence-corrected chi connectivity index (χ1v) is 11.3. The van der Waals surface area contributed by atoms with Crippen LogP contribution in [0.5, 0.6) is 11.5 Å². The molecule has 0 radical (unpaired) electrons. The molecule has 8 nitrogen and oxygen atoms in total. The number of carbonyl (C=O) groups excluding carboxylic acids is 2. The van der Waals surface area contributed by atoms with Gasteiger partial charge >= 0.3 is 0 Å². The minimum Gasteiger partial charge on any atom is -0.455 e. The summed E-state index contributed by atoms with van der Waals surface area (Å²) in [5, 5.41) is 18.7. The van der Waals surface area contributed by atoms with Crippen molar-refractivity contribution in [3.05, 3.63) is 71.5 Å². The second-order valence-electron chi connectivity index (χ2n) is 8.72. The molecule has 1 fully saturated rings. The van der Waals surface area contributed by atoms with Gasteiger partial charge < -0.3 is 20.1 Å². The molecule has 4 aromatic rings. The summed E-state index contributed by atoms with van der Waals surface area (Å²) < 4.78 is 7.89. The number of fused-ring (bicyclic) bond motifs is 2. The van der Waals surface area contributed by atoms with Gasteiger partial charge in [-0.25, -0.2) is 4.52 Å². The van der Waals surface area contributed by atoms with Gasteiger partial charge in [-0.05, 0) is 60.9 Å². The van der Waals surface area contributed by atoms with Crippen LogP contribution in [0.25, 0.3) is 16.3 Å². The summed E-state index contributed by atoms with van der Waals surface area (Å²) in [7, 11) is 1.61. The van der Waals surface area contributed by atoms with Crippen LogP contribution in [0.2, 0.25) is 0 Å². The number of aryl methyl sites for hydroxylation is 1. The van der Waals surface area contributed by atoms with Crippen LogP contribution in [-0.4, -0.2) is 57.2 Å². The highest BCUT2D eigenvalue weighted by molar-refractivity contribution is 6.07. The van der Waals surface area contributed by atoms with Crippen LogP contribution < -0.4 is 10.1 Å². The molecule has 5 rings (SSSR count). The number of aliphatic hydroxyl groups excluding tert-OH is 1. The summed E-state index contributed by atoms with van der Waals surface area (Å²) in [6.07, 6.45) is 3.43. The number of hydrogen-bond acceptors (Lipinski definition) is 5. The van der Waals surface area contributed by atoms with E-state index in [1.54, 1.807) is 41.0 Å². The second kappa shape index (κ2) is 8.46. The number of rotatable bonds is 4. The van der Waals surface area contributed by atoms with Crippen molar-refractivity contribution >= 4 is 28.1 Å². The van der Waals surface area contributed by atoms with Gasteiger partial charge in [-0.15, -0.1) is 0 Å². The highest BCUT2D eigenvalue weighted by Crippen LogP contribution is 2.33. The summed E-state index contributed by atoms with van der Waals surface area (Å²) in [5.41, 5.74) is 2.62. The first kappa shape index (κ1) is 21.9. The van der Waals surface area contributed by atoms with Crippen molar-refractivity contribution in [2.75, 3.05) is 13.6 Å². The van der Waals surface area contributed by atoms with Crippen LogP contribution in [0.15, 0.2) is 54.9 Å². The number of likely N-dealkylation sites (tertiary alicyclic amines) is 1. The molecular weight excluding hydrogens is 432 g/mol. The van der Waals surface area contributed by atoms with Crippen LogP contribution in [0.3, 0.4) is 0 Å². The Bertz CT molecular complexity index is 1430. The molecule has 2 aromatic carbocycles. The van der Waals surface area contributed by atoms with Gasteiger partial charge in [0.05, 0.1) is 17.9 Å². The Labute approximate surface area is 196 Å². The van der Waals surface area contributed by atoms with Gasteiger partial charge in [0.15, 0.2) is 5.75 Å². The molecule has 0 unspecified atom stereocenters. The zero-order valence-electron chi connectivity index (χ0n) is 19.3. The summed E-state index contributed by atoms with van der Waals surface area (Å²) in [4.78, 5) is 27.1. The molecule has 1 aliphatic rings. The maximum Gasteiger partial charge on any atom is 0.256 e. The first-order valence-electron chi connectivity index (χ1n) is 11.3. The molecule has 0 bridgehead atoms. The zero-order valence-corrected chi connectivity index (χ0v) is 19.3. The molecule has 3 heterocycles. The van der Waals surface area contributed by atoms with Crippen molar-refractivity contribution in [1.82, 2.24) is 19.8 Å². The van der Waals surface area contributed by atoms with Gasteiger partial charge in [-0.2, -0.15) is 5.10 Å². The number of benzene rings is 2. The summed E-state index contributed by atoms with van der Waals surface area (Å²) in [6, 6.07) is 12.9. The lowest BCUT2D eigenvalue weighted by atomic mass is 10.0. The molecule has 1 saturated heterocycles. The van der Waals surface area contributed by atoms with Gasteiger partial charge in [-0.3, -0.25) is 9.59 Å². The average molecular weight is 459 g/mol.